The third kappa shape index (κ3) is 1.82. The highest BCUT2D eigenvalue weighted by atomic mass is 16.3. The summed E-state index contributed by atoms with van der Waals surface area (Å²) in [7, 11) is 0. The van der Waals surface area contributed by atoms with Crippen molar-refractivity contribution in [1.29, 1.82) is 0 Å². The molecule has 0 aromatic carbocycles. The van der Waals surface area contributed by atoms with E-state index in [-0.39, 0.29) is 6.61 Å². The number of aliphatic hydroxyl groups is 1. The molecule has 0 spiro atoms. The van der Waals surface area contributed by atoms with Gasteiger partial charge in [0.15, 0.2) is 0 Å². The van der Waals surface area contributed by atoms with Crippen LogP contribution in [0.3, 0.4) is 0 Å². The van der Waals surface area contributed by atoms with Crippen molar-refractivity contribution in [1.82, 2.24) is 14.8 Å². The van der Waals surface area contributed by atoms with E-state index in [2.05, 4.69) is 10.1 Å². The van der Waals surface area contributed by atoms with Gasteiger partial charge >= 0.3 is 0 Å². The van der Waals surface area contributed by atoms with Crippen molar-refractivity contribution in [3.8, 4) is 11.1 Å². The lowest BCUT2D eigenvalue weighted by Crippen LogP contribution is -2.07. The van der Waals surface area contributed by atoms with Crippen LogP contribution >= 0.6 is 0 Å². The Balaban J connectivity index is 2.38. The Kier molecular flexibility index (Phi) is 2.64. The number of hydrogen-bond acceptors (Lipinski definition) is 4. The van der Waals surface area contributed by atoms with E-state index in [1.54, 1.807) is 23.3 Å². The summed E-state index contributed by atoms with van der Waals surface area (Å²) in [6.07, 6.45) is 5.12. The summed E-state index contributed by atoms with van der Waals surface area (Å²) in [5.74, 6) is 0.553. The molecule has 0 aliphatic rings. The molecule has 5 heteroatoms. The van der Waals surface area contributed by atoms with Crippen LogP contribution in [0.15, 0.2) is 30.7 Å². The van der Waals surface area contributed by atoms with E-state index < -0.39 is 0 Å². The van der Waals surface area contributed by atoms with Gasteiger partial charge in [-0.3, -0.25) is 4.98 Å². The lowest BCUT2D eigenvalue weighted by molar-refractivity contribution is 0.270. The summed E-state index contributed by atoms with van der Waals surface area (Å²) < 4.78 is 1.57. The quantitative estimate of drug-likeness (QED) is 0.764. The maximum absolute atomic E-state index is 8.80. The smallest absolute Gasteiger partial charge is 0.129 e. The van der Waals surface area contributed by atoms with E-state index in [1.165, 1.54) is 0 Å². The topological polar surface area (TPSA) is 77.0 Å². The lowest BCUT2D eigenvalue weighted by Gasteiger charge is -2.02. The van der Waals surface area contributed by atoms with Gasteiger partial charge in [0, 0.05) is 23.5 Å². The van der Waals surface area contributed by atoms with Crippen LogP contribution in [0.4, 0.5) is 5.82 Å². The summed E-state index contributed by atoms with van der Waals surface area (Å²) in [6, 6.07) is 3.77. The van der Waals surface area contributed by atoms with Crippen molar-refractivity contribution >= 4 is 5.82 Å². The molecule has 0 saturated carbocycles. The summed E-state index contributed by atoms with van der Waals surface area (Å²) in [5.41, 5.74) is 7.66. The normalized spacial score (nSPS) is 10.5. The third-order valence-electron chi connectivity index (χ3n) is 2.16. The minimum atomic E-state index is 0.0262. The average molecular weight is 204 g/mol. The van der Waals surface area contributed by atoms with E-state index in [9.17, 15) is 0 Å². The average Bonchev–Trinajstić information content (AvgIpc) is 2.63. The first-order valence-electron chi connectivity index (χ1n) is 4.65. The van der Waals surface area contributed by atoms with E-state index in [0.29, 0.717) is 12.4 Å². The van der Waals surface area contributed by atoms with Gasteiger partial charge in [-0.1, -0.05) is 6.07 Å². The highest BCUT2D eigenvalue weighted by Crippen LogP contribution is 2.24. The van der Waals surface area contributed by atoms with Crippen LogP contribution in [0, 0.1) is 0 Å². The SMILES string of the molecule is Nc1c(-c2cccnc2)cnn1CCO. The van der Waals surface area contributed by atoms with Gasteiger partial charge in [-0.2, -0.15) is 5.10 Å². The van der Waals surface area contributed by atoms with E-state index in [1.807, 2.05) is 12.1 Å². The van der Waals surface area contributed by atoms with Crippen LogP contribution in [0.5, 0.6) is 0 Å². The fourth-order valence-electron chi connectivity index (χ4n) is 1.41. The lowest BCUT2D eigenvalue weighted by atomic mass is 10.1. The molecule has 2 aromatic rings. The molecule has 0 unspecified atom stereocenters. The zero-order valence-electron chi connectivity index (χ0n) is 8.17. The first-order chi connectivity index (χ1) is 7.33. The fraction of sp³-hybridized carbons (Fsp3) is 0.200. The van der Waals surface area contributed by atoms with Gasteiger partial charge in [-0.25, -0.2) is 4.68 Å². The van der Waals surface area contributed by atoms with Crippen LogP contribution < -0.4 is 5.73 Å². The number of aliphatic hydroxyl groups excluding tert-OH is 1. The van der Waals surface area contributed by atoms with Crippen LogP contribution in [0.2, 0.25) is 0 Å². The minimum absolute atomic E-state index is 0.0262. The van der Waals surface area contributed by atoms with Crippen molar-refractivity contribution in [2.45, 2.75) is 6.54 Å². The molecule has 2 aromatic heterocycles. The van der Waals surface area contributed by atoms with Crippen molar-refractivity contribution in [2.24, 2.45) is 0 Å². The zero-order chi connectivity index (χ0) is 10.7. The molecule has 0 aliphatic heterocycles. The number of nitrogens with two attached hydrogens (primary N) is 1. The molecule has 78 valence electrons. The van der Waals surface area contributed by atoms with Gasteiger partial charge in [0.05, 0.1) is 19.3 Å². The summed E-state index contributed by atoms with van der Waals surface area (Å²) >= 11 is 0. The molecule has 15 heavy (non-hydrogen) atoms. The Morgan fingerprint density at radius 2 is 2.27 bits per heavy atom. The Labute approximate surface area is 87.2 Å². The monoisotopic (exact) mass is 204 g/mol. The predicted molar refractivity (Wildman–Crippen MR) is 57.0 cm³/mol. The Hall–Kier alpha value is -1.88. The summed E-state index contributed by atoms with van der Waals surface area (Å²) in [5, 5.41) is 12.9. The highest BCUT2D eigenvalue weighted by Gasteiger charge is 2.08. The number of hydrogen-bond donors (Lipinski definition) is 2. The molecule has 2 heterocycles. The van der Waals surface area contributed by atoms with Crippen molar-refractivity contribution < 1.29 is 5.11 Å². The maximum atomic E-state index is 8.80. The second-order valence-electron chi connectivity index (χ2n) is 3.13. The van der Waals surface area contributed by atoms with Crippen molar-refractivity contribution in [2.75, 3.05) is 12.3 Å². The number of rotatable bonds is 3. The number of nitrogens with zero attached hydrogens (tertiary/aromatic N) is 3. The molecule has 0 aliphatic carbocycles. The van der Waals surface area contributed by atoms with Gasteiger partial charge in [0.25, 0.3) is 0 Å². The van der Waals surface area contributed by atoms with Crippen LogP contribution in [-0.2, 0) is 6.54 Å². The summed E-state index contributed by atoms with van der Waals surface area (Å²) in [4.78, 5) is 4.02. The largest absolute Gasteiger partial charge is 0.394 e. The van der Waals surface area contributed by atoms with Crippen LogP contribution in [0.25, 0.3) is 11.1 Å². The van der Waals surface area contributed by atoms with E-state index >= 15 is 0 Å². The molecular formula is C10H12N4O. The molecule has 0 amide bonds. The molecule has 0 bridgehead atoms. The zero-order valence-corrected chi connectivity index (χ0v) is 8.17. The second kappa shape index (κ2) is 4.10. The highest BCUT2D eigenvalue weighted by molar-refractivity contribution is 5.72. The number of nitrogen functional groups attached to an aromatic ring is 1. The second-order valence-corrected chi connectivity index (χ2v) is 3.13. The molecule has 0 radical (unpaired) electrons. The number of aromatic nitrogens is 3. The van der Waals surface area contributed by atoms with Gasteiger partial charge in [-0.15, -0.1) is 0 Å². The molecule has 3 N–H and O–H groups in total. The van der Waals surface area contributed by atoms with E-state index in [0.717, 1.165) is 11.1 Å². The number of anilines is 1. The molecule has 5 nitrogen and oxygen atoms in total. The maximum Gasteiger partial charge on any atom is 0.129 e. The number of pyridine rings is 1. The molecule has 0 fully saturated rings. The van der Waals surface area contributed by atoms with Crippen LogP contribution in [-0.4, -0.2) is 26.5 Å². The van der Waals surface area contributed by atoms with Gasteiger partial charge in [-0.05, 0) is 6.07 Å². The molecule has 0 saturated heterocycles. The molecule has 2 rings (SSSR count). The van der Waals surface area contributed by atoms with Gasteiger partial charge < -0.3 is 10.8 Å². The van der Waals surface area contributed by atoms with Crippen molar-refractivity contribution in [3.05, 3.63) is 30.7 Å². The first kappa shape index (κ1) is 9.67. The van der Waals surface area contributed by atoms with Gasteiger partial charge in [0.2, 0.25) is 0 Å². The van der Waals surface area contributed by atoms with E-state index in [4.69, 9.17) is 10.8 Å². The fourth-order valence-corrected chi connectivity index (χ4v) is 1.41. The standard InChI is InChI=1S/C10H12N4O/c11-10-9(7-13-14(10)4-5-15)8-2-1-3-12-6-8/h1-3,6-7,15H,4-5,11H2. The van der Waals surface area contributed by atoms with Crippen molar-refractivity contribution in [3.63, 3.8) is 0 Å². The Morgan fingerprint density at radius 3 is 2.93 bits per heavy atom. The molecule has 0 atom stereocenters. The summed E-state index contributed by atoms with van der Waals surface area (Å²) in [6.45, 7) is 0.435. The van der Waals surface area contributed by atoms with Crippen LogP contribution in [0.1, 0.15) is 0 Å². The first-order valence-corrected chi connectivity index (χ1v) is 4.65. The Morgan fingerprint density at radius 1 is 1.40 bits per heavy atom. The third-order valence-corrected chi connectivity index (χ3v) is 2.16. The predicted octanol–water partition coefficient (Wildman–Crippen LogP) is 0.520. The Bertz CT molecular complexity index is 438. The molecular weight excluding hydrogens is 192 g/mol. The minimum Gasteiger partial charge on any atom is -0.394 e. The van der Waals surface area contributed by atoms with Gasteiger partial charge in [0.1, 0.15) is 5.82 Å².